The average Bonchev–Trinajstić information content (AvgIpc) is 3.61. The number of hydrogen-bond donors (Lipinski definition) is 2. The van der Waals surface area contributed by atoms with E-state index in [4.69, 9.17) is 9.52 Å². The molecule has 9 heteroatoms. The summed E-state index contributed by atoms with van der Waals surface area (Å²) in [5, 5.41) is 16.7. The van der Waals surface area contributed by atoms with E-state index < -0.39 is 23.7 Å². The zero-order valence-electron chi connectivity index (χ0n) is 23.1. The van der Waals surface area contributed by atoms with Crippen molar-refractivity contribution in [2.45, 2.75) is 64.8 Å². The first-order valence-electron chi connectivity index (χ1n) is 13.5. The zero-order chi connectivity index (χ0) is 27.9. The van der Waals surface area contributed by atoms with Crippen LogP contribution in [0.4, 0.5) is 4.39 Å². The predicted octanol–water partition coefficient (Wildman–Crippen LogP) is 4.60. The molecule has 0 bridgehead atoms. The summed E-state index contributed by atoms with van der Waals surface area (Å²) in [4.78, 5) is 20.7. The maximum atomic E-state index is 14.3. The number of hydrazine groups is 1. The highest BCUT2D eigenvalue weighted by Gasteiger charge is 2.47. The summed E-state index contributed by atoms with van der Waals surface area (Å²) in [5.74, 6) is 0.257. The van der Waals surface area contributed by atoms with Gasteiger partial charge in [0.05, 0.1) is 17.8 Å². The second-order valence-corrected chi connectivity index (χ2v) is 10.9. The van der Waals surface area contributed by atoms with Crippen LogP contribution in [0.15, 0.2) is 64.1 Å². The number of hydrogen-bond acceptors (Lipinski definition) is 7. The first-order chi connectivity index (χ1) is 18.6. The van der Waals surface area contributed by atoms with Crippen LogP contribution in [0.3, 0.4) is 0 Å². The van der Waals surface area contributed by atoms with E-state index >= 15 is 0 Å². The van der Waals surface area contributed by atoms with Crippen LogP contribution < -0.4 is 5.43 Å². The number of aryl methyl sites for hydroxylation is 1. The van der Waals surface area contributed by atoms with Gasteiger partial charge in [0.15, 0.2) is 5.66 Å². The van der Waals surface area contributed by atoms with E-state index in [9.17, 15) is 14.3 Å². The summed E-state index contributed by atoms with van der Waals surface area (Å²) in [6.07, 6.45) is -0.271. The smallest absolute Gasteiger partial charge is 0.234 e. The summed E-state index contributed by atoms with van der Waals surface area (Å²) in [6, 6.07) is 15.8. The fourth-order valence-electron chi connectivity index (χ4n) is 5.74. The molecular formula is C30H36FN5O3. The molecule has 1 fully saturated rings. The Morgan fingerprint density at radius 2 is 1.95 bits per heavy atom. The molecule has 5 rings (SSSR count). The number of nitrogens with one attached hydrogen (secondary N) is 1. The fraction of sp³-hybridized carbons (Fsp3) is 0.433. The van der Waals surface area contributed by atoms with Crippen LogP contribution in [0, 0.1) is 18.7 Å². The number of amides is 1. The molecule has 8 nitrogen and oxygen atoms in total. The molecule has 0 spiro atoms. The minimum absolute atomic E-state index is 0.0212. The molecule has 39 heavy (non-hydrogen) atoms. The van der Waals surface area contributed by atoms with Gasteiger partial charge in [-0.2, -0.15) is 5.01 Å². The highest BCUT2D eigenvalue weighted by atomic mass is 19.1. The lowest BCUT2D eigenvalue weighted by molar-refractivity contribution is -0.134. The van der Waals surface area contributed by atoms with Gasteiger partial charge in [-0.05, 0) is 37.0 Å². The number of carbonyl (C=O) groups excluding carboxylic acids is 1. The number of amidine groups is 1. The number of aliphatic hydroxyl groups is 1. The third-order valence-electron chi connectivity index (χ3n) is 7.81. The Bertz CT molecular complexity index is 1370. The molecule has 1 amide bonds. The molecule has 1 aromatic heterocycles. The molecule has 2 N–H and O–H groups in total. The second-order valence-electron chi connectivity index (χ2n) is 10.9. The van der Waals surface area contributed by atoms with Crippen molar-refractivity contribution in [3.05, 3.63) is 77.4 Å². The minimum Gasteiger partial charge on any atom is -0.391 e. The number of benzene rings is 2. The molecule has 0 saturated carbocycles. The zero-order valence-corrected chi connectivity index (χ0v) is 23.1. The van der Waals surface area contributed by atoms with Crippen LogP contribution in [0.1, 0.15) is 57.1 Å². The van der Waals surface area contributed by atoms with Crippen molar-refractivity contribution in [2.24, 2.45) is 10.9 Å². The lowest BCUT2D eigenvalue weighted by Crippen LogP contribution is -2.51. The average molecular weight is 534 g/mol. The van der Waals surface area contributed by atoms with Gasteiger partial charge in [-0.15, -0.1) is 0 Å². The Labute approximate surface area is 228 Å². The van der Waals surface area contributed by atoms with Crippen molar-refractivity contribution in [3.8, 4) is 11.1 Å². The Kier molecular flexibility index (Phi) is 7.31. The molecule has 0 aliphatic carbocycles. The third-order valence-corrected chi connectivity index (χ3v) is 7.81. The van der Waals surface area contributed by atoms with Crippen LogP contribution in [-0.4, -0.2) is 57.2 Å². The molecule has 1 saturated heterocycles. The van der Waals surface area contributed by atoms with Crippen molar-refractivity contribution in [3.63, 3.8) is 0 Å². The molecule has 1 unspecified atom stereocenters. The number of β-amino-alcohol motifs (C(OH)–C–C–N with tert-alkyl or cyclic N) is 1. The molecule has 2 aliphatic rings. The van der Waals surface area contributed by atoms with Crippen molar-refractivity contribution in [1.82, 2.24) is 20.5 Å². The van der Waals surface area contributed by atoms with Crippen LogP contribution in [0.5, 0.6) is 0 Å². The monoisotopic (exact) mass is 533 g/mol. The topological polar surface area (TPSA) is 94.2 Å². The maximum absolute atomic E-state index is 14.3. The maximum Gasteiger partial charge on any atom is 0.234 e. The number of likely N-dealkylation sites (tertiary alicyclic amines) is 1. The van der Waals surface area contributed by atoms with E-state index in [0.29, 0.717) is 30.1 Å². The SMILES string of the molecule is CCN1NC([C@H]2C[C@@H](O)CN2C(=O)C(c2cc(C)no2)C(C)C)=N[C@@]1(C)c1ccc(-c2ccccc2F)cc1. The molecule has 2 aromatic carbocycles. The van der Waals surface area contributed by atoms with Crippen molar-refractivity contribution in [2.75, 3.05) is 13.1 Å². The molecule has 0 radical (unpaired) electrons. The Morgan fingerprint density at radius 1 is 1.23 bits per heavy atom. The Hall–Kier alpha value is -3.56. The summed E-state index contributed by atoms with van der Waals surface area (Å²) in [5.41, 5.74) is 5.66. The highest BCUT2D eigenvalue weighted by molar-refractivity contribution is 5.95. The van der Waals surface area contributed by atoms with Crippen molar-refractivity contribution >= 4 is 11.7 Å². The number of rotatable bonds is 7. The van der Waals surface area contributed by atoms with Gasteiger partial charge in [0.25, 0.3) is 0 Å². The van der Waals surface area contributed by atoms with E-state index in [-0.39, 0.29) is 24.2 Å². The standard InChI is InChI=1S/C30H36FN5O3/c1-6-36-30(5,21-13-11-20(12-14-21)23-9-7-8-10-24(23)31)32-28(33-36)25-16-22(37)17-35(25)29(38)27(18(2)3)26-15-19(4)34-39-26/h7-15,18,22,25,27,37H,6,16-17H2,1-5H3,(H,32,33)/t22-,25-,27?,30-/m1/s1. The predicted molar refractivity (Wildman–Crippen MR) is 147 cm³/mol. The van der Waals surface area contributed by atoms with E-state index in [0.717, 1.165) is 16.8 Å². The normalized spacial score (nSPS) is 24.2. The number of nitrogens with zero attached hydrogens (tertiary/aromatic N) is 4. The lowest BCUT2D eigenvalue weighted by Gasteiger charge is -2.32. The van der Waals surface area contributed by atoms with Crippen LogP contribution in [0.2, 0.25) is 0 Å². The van der Waals surface area contributed by atoms with E-state index in [1.54, 1.807) is 23.1 Å². The van der Waals surface area contributed by atoms with E-state index in [1.807, 2.05) is 70.0 Å². The Morgan fingerprint density at radius 3 is 2.56 bits per heavy atom. The minimum atomic E-state index is -0.750. The number of aliphatic imine (C=N–C) groups is 1. The molecule has 206 valence electrons. The highest BCUT2D eigenvalue weighted by Crippen LogP contribution is 2.37. The number of halogens is 1. The number of carbonyl (C=O) groups is 1. The van der Waals surface area contributed by atoms with Gasteiger partial charge < -0.3 is 20.0 Å². The summed E-state index contributed by atoms with van der Waals surface area (Å²) in [6.45, 7) is 10.7. The molecule has 3 aromatic rings. The number of aromatic nitrogens is 1. The molecular weight excluding hydrogens is 497 g/mol. The van der Waals surface area contributed by atoms with Crippen molar-refractivity contribution < 1.29 is 18.8 Å². The lowest BCUT2D eigenvalue weighted by atomic mass is 9.91. The van der Waals surface area contributed by atoms with Gasteiger partial charge in [-0.3, -0.25) is 4.79 Å². The van der Waals surface area contributed by atoms with Crippen LogP contribution >= 0.6 is 0 Å². The number of aliphatic hydroxyl groups excluding tert-OH is 1. The molecule has 3 heterocycles. The summed E-state index contributed by atoms with van der Waals surface area (Å²) < 4.78 is 19.8. The van der Waals surface area contributed by atoms with Gasteiger partial charge >= 0.3 is 0 Å². The van der Waals surface area contributed by atoms with E-state index in [2.05, 4.69) is 10.6 Å². The Balaban J connectivity index is 1.45. The van der Waals surface area contributed by atoms with Gasteiger partial charge in [-0.1, -0.05) is 68.4 Å². The third kappa shape index (κ3) is 4.96. The largest absolute Gasteiger partial charge is 0.391 e. The summed E-state index contributed by atoms with van der Waals surface area (Å²) >= 11 is 0. The first kappa shape index (κ1) is 27.0. The first-order valence-corrected chi connectivity index (χ1v) is 13.5. The van der Waals surface area contributed by atoms with Crippen molar-refractivity contribution in [1.29, 1.82) is 0 Å². The van der Waals surface area contributed by atoms with E-state index in [1.165, 1.54) is 6.07 Å². The van der Waals surface area contributed by atoms with Gasteiger partial charge in [0.1, 0.15) is 23.3 Å². The molecule has 4 atom stereocenters. The fourth-order valence-corrected chi connectivity index (χ4v) is 5.74. The van der Waals surface area contributed by atoms with Gasteiger partial charge in [0, 0.05) is 31.1 Å². The molecule has 2 aliphatic heterocycles. The van der Waals surface area contributed by atoms with Gasteiger partial charge in [0.2, 0.25) is 5.91 Å². The quantitative estimate of drug-likeness (QED) is 0.461. The second kappa shape index (κ2) is 10.5. The van der Waals surface area contributed by atoms with Gasteiger partial charge in [-0.25, -0.2) is 9.38 Å². The van der Waals surface area contributed by atoms with Crippen LogP contribution in [0.25, 0.3) is 11.1 Å². The summed E-state index contributed by atoms with van der Waals surface area (Å²) in [7, 11) is 0. The van der Waals surface area contributed by atoms with Crippen LogP contribution in [-0.2, 0) is 10.5 Å².